The molecule has 0 heterocycles. The number of halogens is 1. The lowest BCUT2D eigenvalue weighted by atomic mass is 10.1. The normalized spacial score (nSPS) is 10.3. The summed E-state index contributed by atoms with van der Waals surface area (Å²) in [5, 5.41) is 2.42. The quantitative estimate of drug-likeness (QED) is 0.621. The predicted octanol–water partition coefficient (Wildman–Crippen LogP) is 2.62. The first kappa shape index (κ1) is 11.1. The molecule has 1 aromatic rings. The molecule has 0 aromatic heterocycles. The van der Waals surface area contributed by atoms with Crippen LogP contribution in [0.5, 0.6) is 0 Å². The number of nitrogens with zero attached hydrogens (tertiary/aromatic N) is 1. The fourth-order valence-electron chi connectivity index (χ4n) is 1.41. The Morgan fingerprint density at radius 2 is 2.14 bits per heavy atom. The average molecular weight is 215 g/mol. The van der Waals surface area contributed by atoms with Crippen LogP contribution in [0.1, 0.15) is 12.5 Å². The van der Waals surface area contributed by atoms with Crippen molar-refractivity contribution in [3.8, 4) is 0 Å². The molecule has 78 valence electrons. The first-order valence-corrected chi connectivity index (χ1v) is 4.85. The molecule has 0 saturated carbocycles. The molecular formula is C10H15ClN2O. The van der Waals surface area contributed by atoms with E-state index in [2.05, 4.69) is 0 Å². The molecule has 0 aliphatic heterocycles. The van der Waals surface area contributed by atoms with Gasteiger partial charge in [-0.3, -0.25) is 9.90 Å². The third-order valence-electron chi connectivity index (χ3n) is 2.15. The van der Waals surface area contributed by atoms with Gasteiger partial charge in [-0.15, -0.1) is 0 Å². The highest BCUT2D eigenvalue weighted by Crippen LogP contribution is 2.32. The van der Waals surface area contributed by atoms with Crippen molar-refractivity contribution in [2.24, 2.45) is 0 Å². The summed E-state index contributed by atoms with van der Waals surface area (Å²) in [5.74, 6) is 0. The second kappa shape index (κ2) is 4.53. The van der Waals surface area contributed by atoms with Crippen molar-refractivity contribution in [2.75, 3.05) is 24.5 Å². The molecule has 3 nitrogen and oxygen atoms in total. The molecular weight excluding hydrogens is 200 g/mol. The van der Waals surface area contributed by atoms with E-state index in [1.54, 1.807) is 24.3 Å². The lowest BCUT2D eigenvalue weighted by Gasteiger charge is -2.23. The molecule has 0 atom stereocenters. The molecule has 14 heavy (non-hydrogen) atoms. The van der Waals surface area contributed by atoms with Gasteiger partial charge in [0.15, 0.2) is 0 Å². The third kappa shape index (κ3) is 1.94. The van der Waals surface area contributed by atoms with Crippen LogP contribution < -0.4 is 10.8 Å². The summed E-state index contributed by atoms with van der Waals surface area (Å²) in [6, 6.07) is 3.57. The number of hydroxylamine groups is 1. The Morgan fingerprint density at radius 1 is 1.50 bits per heavy atom. The molecule has 1 aromatic carbocycles. The van der Waals surface area contributed by atoms with Gasteiger partial charge in [-0.25, -0.2) is 0 Å². The van der Waals surface area contributed by atoms with E-state index in [4.69, 9.17) is 22.2 Å². The van der Waals surface area contributed by atoms with Crippen LogP contribution in [-0.2, 0) is 4.84 Å². The maximum atomic E-state index is 6.01. The van der Waals surface area contributed by atoms with Crippen molar-refractivity contribution in [3.63, 3.8) is 0 Å². The molecule has 0 aliphatic rings. The minimum absolute atomic E-state index is 0.676. The Hall–Kier alpha value is -0.930. The predicted molar refractivity (Wildman–Crippen MR) is 60.6 cm³/mol. The van der Waals surface area contributed by atoms with E-state index in [1.165, 1.54) is 0 Å². The van der Waals surface area contributed by atoms with Crippen LogP contribution in [0.4, 0.5) is 11.4 Å². The highest BCUT2D eigenvalue weighted by atomic mass is 35.5. The Bertz CT molecular complexity index is 324. The number of benzene rings is 1. The van der Waals surface area contributed by atoms with E-state index in [9.17, 15) is 0 Å². The zero-order valence-electron chi connectivity index (χ0n) is 8.67. The number of rotatable bonds is 3. The molecule has 0 spiro atoms. The molecule has 0 saturated heterocycles. The number of nitrogen functional groups attached to an aromatic ring is 1. The summed E-state index contributed by atoms with van der Waals surface area (Å²) in [5.41, 5.74) is 8.33. The zero-order valence-corrected chi connectivity index (χ0v) is 9.43. The van der Waals surface area contributed by atoms with Gasteiger partial charge in [-0.05, 0) is 31.5 Å². The molecule has 0 radical (unpaired) electrons. The summed E-state index contributed by atoms with van der Waals surface area (Å²) in [6.07, 6.45) is 0. The fourth-order valence-corrected chi connectivity index (χ4v) is 1.56. The monoisotopic (exact) mass is 214 g/mol. The molecule has 0 unspecified atom stereocenters. The third-order valence-corrected chi connectivity index (χ3v) is 2.56. The zero-order chi connectivity index (χ0) is 10.7. The van der Waals surface area contributed by atoms with Crippen molar-refractivity contribution in [1.82, 2.24) is 0 Å². The van der Waals surface area contributed by atoms with Crippen LogP contribution in [0.15, 0.2) is 12.1 Å². The maximum Gasteiger partial charge on any atom is 0.0909 e. The first-order chi connectivity index (χ1) is 6.61. The summed E-state index contributed by atoms with van der Waals surface area (Å²) >= 11 is 6.01. The molecule has 4 heteroatoms. The Morgan fingerprint density at radius 3 is 2.64 bits per heavy atom. The van der Waals surface area contributed by atoms with Gasteiger partial charge < -0.3 is 5.73 Å². The van der Waals surface area contributed by atoms with E-state index < -0.39 is 0 Å². The van der Waals surface area contributed by atoms with Crippen LogP contribution in [0.25, 0.3) is 0 Å². The Labute approximate surface area is 89.4 Å². The SMILES string of the molecule is CCN(OC)c1c(N)ccc(Cl)c1C. The summed E-state index contributed by atoms with van der Waals surface area (Å²) in [6.45, 7) is 4.64. The van der Waals surface area contributed by atoms with Crippen LogP contribution in [-0.4, -0.2) is 13.7 Å². The minimum Gasteiger partial charge on any atom is -0.397 e. The Balaban J connectivity index is 3.23. The van der Waals surface area contributed by atoms with Crippen molar-refractivity contribution in [2.45, 2.75) is 13.8 Å². The van der Waals surface area contributed by atoms with Gasteiger partial charge in [0.1, 0.15) is 0 Å². The van der Waals surface area contributed by atoms with E-state index >= 15 is 0 Å². The molecule has 0 fully saturated rings. The van der Waals surface area contributed by atoms with E-state index in [0.29, 0.717) is 10.7 Å². The molecule has 0 amide bonds. The van der Waals surface area contributed by atoms with Gasteiger partial charge in [0, 0.05) is 11.6 Å². The highest BCUT2D eigenvalue weighted by Gasteiger charge is 2.12. The lowest BCUT2D eigenvalue weighted by Crippen LogP contribution is -2.23. The number of nitrogens with two attached hydrogens (primary N) is 1. The molecule has 1 rings (SSSR count). The van der Waals surface area contributed by atoms with Crippen LogP contribution in [0, 0.1) is 6.92 Å². The summed E-state index contributed by atoms with van der Waals surface area (Å²) in [4.78, 5) is 5.20. The van der Waals surface area contributed by atoms with Gasteiger partial charge >= 0.3 is 0 Å². The average Bonchev–Trinajstić information content (AvgIpc) is 2.19. The smallest absolute Gasteiger partial charge is 0.0909 e. The van der Waals surface area contributed by atoms with Crippen LogP contribution in [0.2, 0.25) is 5.02 Å². The Kier molecular flexibility index (Phi) is 3.61. The van der Waals surface area contributed by atoms with Crippen molar-refractivity contribution in [3.05, 3.63) is 22.7 Å². The van der Waals surface area contributed by atoms with Crippen molar-refractivity contribution in [1.29, 1.82) is 0 Å². The summed E-state index contributed by atoms with van der Waals surface area (Å²) in [7, 11) is 1.61. The number of hydrogen-bond donors (Lipinski definition) is 1. The van der Waals surface area contributed by atoms with Crippen molar-refractivity contribution >= 4 is 23.0 Å². The topological polar surface area (TPSA) is 38.5 Å². The lowest BCUT2D eigenvalue weighted by molar-refractivity contribution is 0.171. The highest BCUT2D eigenvalue weighted by molar-refractivity contribution is 6.31. The van der Waals surface area contributed by atoms with Crippen LogP contribution >= 0.6 is 11.6 Å². The van der Waals surface area contributed by atoms with Gasteiger partial charge in [0.25, 0.3) is 0 Å². The van der Waals surface area contributed by atoms with E-state index in [1.807, 2.05) is 13.8 Å². The van der Waals surface area contributed by atoms with Crippen molar-refractivity contribution < 1.29 is 4.84 Å². The number of hydrogen-bond acceptors (Lipinski definition) is 3. The van der Waals surface area contributed by atoms with Gasteiger partial charge in [-0.2, -0.15) is 0 Å². The standard InChI is InChI=1S/C10H15ClN2O/c1-4-13(14-3)10-7(2)8(11)5-6-9(10)12/h5-6H,4,12H2,1-3H3. The van der Waals surface area contributed by atoms with Gasteiger partial charge in [-0.1, -0.05) is 11.6 Å². The molecule has 0 bridgehead atoms. The second-order valence-corrected chi connectivity index (χ2v) is 3.39. The fraction of sp³-hybridized carbons (Fsp3) is 0.400. The van der Waals surface area contributed by atoms with Gasteiger partial charge in [0.05, 0.1) is 18.5 Å². The second-order valence-electron chi connectivity index (χ2n) is 2.99. The first-order valence-electron chi connectivity index (χ1n) is 4.48. The van der Waals surface area contributed by atoms with Gasteiger partial charge in [0.2, 0.25) is 0 Å². The van der Waals surface area contributed by atoms with Crippen LogP contribution in [0.3, 0.4) is 0 Å². The maximum absolute atomic E-state index is 6.01. The molecule has 2 N–H and O–H groups in total. The van der Waals surface area contributed by atoms with E-state index in [0.717, 1.165) is 17.8 Å². The summed E-state index contributed by atoms with van der Waals surface area (Å²) < 4.78 is 0. The number of anilines is 2. The molecule has 0 aliphatic carbocycles. The van der Waals surface area contributed by atoms with E-state index in [-0.39, 0.29) is 0 Å². The largest absolute Gasteiger partial charge is 0.397 e. The minimum atomic E-state index is 0.676.